The lowest BCUT2D eigenvalue weighted by Crippen LogP contribution is -2.50. The fourth-order valence-electron chi connectivity index (χ4n) is 4.65. The molecule has 2 aliphatic heterocycles. The summed E-state index contributed by atoms with van der Waals surface area (Å²) in [6.45, 7) is 0. The number of Topliss-reactive ketones (excluding diaryl/α,β-unsaturated/α-hetero) is 1. The highest BCUT2D eigenvalue weighted by Crippen LogP contribution is 2.52. The van der Waals surface area contributed by atoms with Crippen molar-refractivity contribution < 1.29 is 27.0 Å². The highest BCUT2D eigenvalue weighted by atomic mass is 79.9. The van der Waals surface area contributed by atoms with Crippen LogP contribution in [0.2, 0.25) is 10.0 Å². The lowest BCUT2D eigenvalue weighted by Gasteiger charge is -2.33. The molecule has 0 amide bonds. The Morgan fingerprint density at radius 2 is 1.72 bits per heavy atom. The average molecular weight is 619 g/mol. The van der Waals surface area contributed by atoms with Gasteiger partial charge in [0.15, 0.2) is 5.78 Å². The molecule has 1 fully saturated rings. The second kappa shape index (κ2) is 9.42. The maximum atomic E-state index is 14.6. The van der Waals surface area contributed by atoms with Crippen molar-refractivity contribution in [1.82, 2.24) is 0 Å². The van der Waals surface area contributed by atoms with Crippen molar-refractivity contribution >= 4 is 72.2 Å². The molecule has 0 saturated carbocycles. The van der Waals surface area contributed by atoms with Crippen molar-refractivity contribution in [2.45, 2.75) is 23.0 Å². The minimum absolute atomic E-state index is 0.0213. The van der Waals surface area contributed by atoms with Crippen molar-refractivity contribution in [2.75, 3.05) is 11.5 Å². The van der Waals surface area contributed by atoms with Crippen LogP contribution in [0.1, 0.15) is 27.9 Å². The van der Waals surface area contributed by atoms with Crippen LogP contribution in [0.15, 0.2) is 59.8 Å². The molecule has 11 heteroatoms. The van der Waals surface area contributed by atoms with Gasteiger partial charge in [0.05, 0.1) is 0 Å². The number of hydrogen-bond acceptors (Lipinski definition) is 4. The average Bonchev–Trinajstić information content (AvgIpc) is 3.14. The van der Waals surface area contributed by atoms with Gasteiger partial charge in [-0.3, -0.25) is 9.00 Å². The standard InChI is InChI=1S/C25H17BrCl2F3NO3S/c26-23-22(32-35-24(23,25(29,30)31)14-8-15(27)10-16(28)9-14)20-6-5-19(17-3-1-2-4-18(17)20)21(33)7-13-11-36(34)12-13/h1-6,8-10,13,23H,7,11-12H2. The van der Waals surface area contributed by atoms with E-state index in [-0.39, 0.29) is 39.4 Å². The van der Waals surface area contributed by atoms with E-state index in [9.17, 15) is 22.2 Å². The van der Waals surface area contributed by atoms with E-state index in [1.807, 2.05) is 0 Å². The van der Waals surface area contributed by atoms with Gasteiger partial charge in [-0.1, -0.05) is 80.7 Å². The van der Waals surface area contributed by atoms with Crippen LogP contribution in [0, 0.1) is 5.92 Å². The van der Waals surface area contributed by atoms with Gasteiger partial charge in [-0.2, -0.15) is 13.2 Å². The molecule has 4 nitrogen and oxygen atoms in total. The predicted octanol–water partition coefficient (Wildman–Crippen LogP) is 7.05. The van der Waals surface area contributed by atoms with Gasteiger partial charge in [-0.25, -0.2) is 0 Å². The van der Waals surface area contributed by atoms with Crippen LogP contribution in [0.5, 0.6) is 0 Å². The number of nitrogens with zero attached hydrogens (tertiary/aromatic N) is 1. The molecule has 0 N–H and O–H groups in total. The molecule has 0 aromatic heterocycles. The minimum atomic E-state index is -4.88. The monoisotopic (exact) mass is 617 g/mol. The van der Waals surface area contributed by atoms with E-state index < -0.39 is 27.4 Å². The Labute approximate surface area is 225 Å². The number of hydrogen-bond donors (Lipinski definition) is 0. The minimum Gasteiger partial charge on any atom is -0.373 e. The molecule has 2 aliphatic rings. The van der Waals surface area contributed by atoms with Gasteiger partial charge in [0.1, 0.15) is 10.5 Å². The van der Waals surface area contributed by atoms with Gasteiger partial charge in [-0.15, -0.1) is 0 Å². The molecule has 3 aromatic carbocycles. The first kappa shape index (κ1) is 25.7. The van der Waals surface area contributed by atoms with Crippen LogP contribution >= 0.6 is 39.1 Å². The third-order valence-electron chi connectivity index (χ3n) is 6.42. The second-order valence-corrected chi connectivity index (χ2v) is 12.1. The quantitative estimate of drug-likeness (QED) is 0.227. The Bertz CT molecular complexity index is 1420. The Morgan fingerprint density at radius 1 is 1.08 bits per heavy atom. The summed E-state index contributed by atoms with van der Waals surface area (Å²) in [5, 5.41) is 5.11. The number of fused-ring (bicyclic) bond motifs is 1. The largest absolute Gasteiger partial charge is 0.436 e. The Hall–Kier alpha value is -1.94. The highest BCUT2D eigenvalue weighted by molar-refractivity contribution is 9.10. The molecule has 2 unspecified atom stereocenters. The lowest BCUT2D eigenvalue weighted by atomic mass is 9.84. The van der Waals surface area contributed by atoms with Gasteiger partial charge in [0.25, 0.3) is 5.60 Å². The number of carbonyl (C=O) groups is 1. The maximum Gasteiger partial charge on any atom is 0.436 e. The molecule has 2 atom stereocenters. The van der Waals surface area contributed by atoms with Crippen molar-refractivity contribution in [2.24, 2.45) is 11.1 Å². The number of carbonyl (C=O) groups excluding carboxylic acids is 1. The summed E-state index contributed by atoms with van der Waals surface area (Å²) in [6, 6.07) is 13.8. The van der Waals surface area contributed by atoms with Crippen LogP contribution in [0.25, 0.3) is 10.8 Å². The summed E-state index contributed by atoms with van der Waals surface area (Å²) in [4.78, 5) is 16.8. The maximum absolute atomic E-state index is 14.6. The number of rotatable bonds is 5. The SMILES string of the molecule is O=C(CC1CS(=O)C1)c1ccc(C2=NOC(c3cc(Cl)cc(Cl)c3)(C(F)(F)F)C2Br)c2ccccc12. The smallest absolute Gasteiger partial charge is 0.373 e. The first-order valence-corrected chi connectivity index (χ1v) is 14.0. The summed E-state index contributed by atoms with van der Waals surface area (Å²) in [6.07, 6.45) is -4.61. The molecule has 0 bridgehead atoms. The third kappa shape index (κ3) is 4.27. The first-order valence-electron chi connectivity index (χ1n) is 10.8. The van der Waals surface area contributed by atoms with E-state index >= 15 is 0 Å². The van der Waals surface area contributed by atoms with Crippen LogP contribution < -0.4 is 0 Å². The Balaban J connectivity index is 1.57. The van der Waals surface area contributed by atoms with Gasteiger partial charge in [0.2, 0.25) is 0 Å². The van der Waals surface area contributed by atoms with E-state index in [4.69, 9.17) is 28.0 Å². The zero-order chi connectivity index (χ0) is 25.8. The normalized spacial score (nSPS) is 25.8. The summed E-state index contributed by atoms with van der Waals surface area (Å²) in [7, 11) is -0.861. The molecule has 2 heterocycles. The third-order valence-corrected chi connectivity index (χ3v) is 9.62. The van der Waals surface area contributed by atoms with E-state index in [0.717, 1.165) is 12.1 Å². The molecule has 36 heavy (non-hydrogen) atoms. The Morgan fingerprint density at radius 3 is 2.33 bits per heavy atom. The van der Waals surface area contributed by atoms with Crippen molar-refractivity contribution in [3.05, 3.63) is 81.3 Å². The number of oxime groups is 1. The van der Waals surface area contributed by atoms with E-state index in [1.165, 1.54) is 6.07 Å². The predicted molar refractivity (Wildman–Crippen MR) is 139 cm³/mol. The molecular formula is C25H17BrCl2F3NO3S. The van der Waals surface area contributed by atoms with Crippen molar-refractivity contribution in [3.63, 3.8) is 0 Å². The second-order valence-electron chi connectivity index (χ2n) is 8.79. The van der Waals surface area contributed by atoms with Gasteiger partial charge in [0, 0.05) is 55.5 Å². The Kier molecular flexibility index (Phi) is 6.72. The molecule has 188 valence electrons. The van der Waals surface area contributed by atoms with Crippen LogP contribution in [0.4, 0.5) is 13.2 Å². The fraction of sp³-hybridized carbons (Fsp3) is 0.280. The molecule has 3 aromatic rings. The van der Waals surface area contributed by atoms with E-state index in [2.05, 4.69) is 21.1 Å². The molecule has 0 aliphatic carbocycles. The number of alkyl halides is 4. The molecule has 0 spiro atoms. The molecule has 5 rings (SSSR count). The zero-order valence-corrected chi connectivity index (χ0v) is 22.2. The van der Waals surface area contributed by atoms with Crippen molar-refractivity contribution in [3.8, 4) is 0 Å². The van der Waals surface area contributed by atoms with Gasteiger partial charge >= 0.3 is 6.18 Å². The van der Waals surface area contributed by atoms with Crippen LogP contribution in [-0.4, -0.2) is 38.2 Å². The first-order chi connectivity index (χ1) is 17.0. The number of halogens is 6. The van der Waals surface area contributed by atoms with Crippen LogP contribution in [0.3, 0.4) is 0 Å². The summed E-state index contributed by atoms with van der Waals surface area (Å²) in [5.41, 5.74) is -2.28. The highest BCUT2D eigenvalue weighted by Gasteiger charge is 2.67. The van der Waals surface area contributed by atoms with Crippen molar-refractivity contribution in [1.29, 1.82) is 0 Å². The van der Waals surface area contributed by atoms with Crippen LogP contribution in [-0.2, 0) is 21.2 Å². The topological polar surface area (TPSA) is 55.7 Å². The number of ketones is 1. The van der Waals surface area contributed by atoms with Gasteiger partial charge < -0.3 is 4.84 Å². The molecular weight excluding hydrogens is 602 g/mol. The fourth-order valence-corrected chi connectivity index (χ4v) is 7.30. The summed E-state index contributed by atoms with van der Waals surface area (Å²) >= 11 is 15.3. The lowest BCUT2D eigenvalue weighted by molar-refractivity contribution is -0.273. The summed E-state index contributed by atoms with van der Waals surface area (Å²) < 4.78 is 55.2. The summed E-state index contributed by atoms with van der Waals surface area (Å²) in [5.74, 6) is 0.994. The van der Waals surface area contributed by atoms with E-state index in [0.29, 0.717) is 33.4 Å². The number of benzene rings is 3. The molecule has 1 saturated heterocycles. The zero-order valence-electron chi connectivity index (χ0n) is 18.3. The molecule has 0 radical (unpaired) electrons. The van der Waals surface area contributed by atoms with Gasteiger partial charge in [-0.05, 0) is 34.9 Å². The van der Waals surface area contributed by atoms with E-state index in [1.54, 1.807) is 36.4 Å².